The molecule has 0 radical (unpaired) electrons. The molecule has 0 aliphatic heterocycles. The Morgan fingerprint density at radius 2 is 1.00 bits per heavy atom. The van der Waals surface area contributed by atoms with Crippen LogP contribution in [0.5, 0.6) is 0 Å². The predicted molar refractivity (Wildman–Crippen MR) is 269 cm³/mol. The standard InChI is InChI=1S/C22H26N3OS.C20H23ClN3.C2H4OS.2CH4O4S.K/c1-17(26)27-16-15-23(2)19-12-9-18(10-13-19)11-14-22-24(3)20-7-5-6-8-21(20)25(22)4;1-22(15-14-21)17-11-8-16(9-12-17)10-13-20-23(2)18-6-4-5-7-19(18)24(20)3;1-2(3)4;2*1-6(3,4)5-2;/h5-14H,15-16H2,1-4H3;4-13H,14-15H2,1-3H3;1H3,(H,3,4);2*2H,1H3;/q2*+1;;;;+1/p-3. The van der Waals surface area contributed by atoms with Gasteiger partial charge in [0.25, 0.3) is 31.9 Å². The van der Waals surface area contributed by atoms with Gasteiger partial charge in [-0.3, -0.25) is 4.79 Å². The van der Waals surface area contributed by atoms with Crippen molar-refractivity contribution in [3.05, 3.63) is 120 Å². The summed E-state index contributed by atoms with van der Waals surface area (Å²) in [5.74, 6) is 3.76. The number of para-hydroxylation sites is 4. The van der Waals surface area contributed by atoms with E-state index in [2.05, 4.69) is 213 Å². The summed E-state index contributed by atoms with van der Waals surface area (Å²) in [4.78, 5) is 24.6. The van der Waals surface area contributed by atoms with Crippen LogP contribution in [0.25, 0.3) is 46.4 Å². The van der Waals surface area contributed by atoms with E-state index in [1.54, 1.807) is 6.92 Å². The van der Waals surface area contributed by atoms with E-state index in [0.717, 1.165) is 35.9 Å². The topological polar surface area (TPSA) is 191 Å². The molecule has 6 aromatic rings. The first-order chi connectivity index (χ1) is 31.4. The van der Waals surface area contributed by atoms with Crippen LogP contribution < -0.4 is 80.8 Å². The molecule has 0 bridgehead atoms. The molecule has 6 rings (SSSR count). The van der Waals surface area contributed by atoms with Crippen molar-refractivity contribution >= 4 is 124 Å². The van der Waals surface area contributed by atoms with Crippen molar-refractivity contribution in [3.8, 4) is 0 Å². The molecule has 0 aliphatic rings. The van der Waals surface area contributed by atoms with E-state index in [1.165, 1.54) is 57.8 Å². The third-order valence-electron chi connectivity index (χ3n) is 9.50. The number of hydrogen-bond donors (Lipinski definition) is 0. The molecule has 0 aliphatic carbocycles. The smallest absolute Gasteiger partial charge is 0.742 e. The third kappa shape index (κ3) is 22.1. The van der Waals surface area contributed by atoms with Gasteiger partial charge in [0.1, 0.15) is 0 Å². The first-order valence-corrected chi connectivity index (χ1v) is 25.8. The molecule has 2 heterocycles. The van der Waals surface area contributed by atoms with Crippen molar-refractivity contribution in [2.45, 2.75) is 13.8 Å². The van der Waals surface area contributed by atoms with Gasteiger partial charge in [-0.25, -0.2) is 35.1 Å². The van der Waals surface area contributed by atoms with Crippen LogP contribution in [0.2, 0.25) is 0 Å². The zero-order chi connectivity index (χ0) is 50.5. The van der Waals surface area contributed by atoms with Crippen LogP contribution in [0.1, 0.15) is 36.6 Å². The van der Waals surface area contributed by atoms with Crippen LogP contribution in [0.15, 0.2) is 97.1 Å². The number of benzene rings is 4. The Hall–Kier alpha value is -3.52. The molecule has 0 atom stereocenters. The number of alkyl halides is 1. The first-order valence-electron chi connectivity index (χ1n) is 20.2. The molecule has 16 nitrogen and oxygen atoms in total. The summed E-state index contributed by atoms with van der Waals surface area (Å²) in [6, 6.07) is 33.9. The summed E-state index contributed by atoms with van der Waals surface area (Å²) in [5, 5.41) is 17.6. The number of carbonyl (C=O) groups is 2. The van der Waals surface area contributed by atoms with Crippen molar-refractivity contribution in [3.63, 3.8) is 0 Å². The van der Waals surface area contributed by atoms with Crippen LogP contribution in [0.4, 0.5) is 11.4 Å². The molecular formula is C46H58ClKN6O10S4. The minimum absolute atomic E-state index is 0. The van der Waals surface area contributed by atoms with Crippen molar-refractivity contribution in [2.24, 2.45) is 28.2 Å². The summed E-state index contributed by atoms with van der Waals surface area (Å²) in [6.07, 6.45) is 9.98. The average Bonchev–Trinajstić information content (AvgIpc) is 3.67. The van der Waals surface area contributed by atoms with Gasteiger partial charge in [0, 0.05) is 74.4 Å². The number of thioether (sulfide) groups is 1. The van der Waals surface area contributed by atoms with Crippen LogP contribution in [-0.2, 0) is 79.3 Å². The van der Waals surface area contributed by atoms with E-state index in [-0.39, 0.29) is 61.6 Å². The Bertz CT molecular complexity index is 2710. The number of imidazole rings is 2. The van der Waals surface area contributed by atoms with Gasteiger partial charge in [-0.1, -0.05) is 60.3 Å². The first kappa shape index (κ1) is 62.5. The van der Waals surface area contributed by atoms with E-state index in [1.807, 2.05) is 0 Å². The van der Waals surface area contributed by atoms with Gasteiger partial charge in [0.15, 0.2) is 27.2 Å². The number of aryl methyl sites for hydroxylation is 4. The maximum absolute atomic E-state index is 11.0. The van der Waals surface area contributed by atoms with Gasteiger partial charge in [-0.05, 0) is 78.7 Å². The number of rotatable bonds is 13. The number of fused-ring (bicyclic) bond motifs is 2. The molecular weight excluding hydrogens is 999 g/mol. The third-order valence-corrected chi connectivity index (χ3v) is 11.0. The SMILES string of the molecule is CC(=O)SCCN(C)c1ccc(/C=C/c2n(C)c3ccccc3[n+]2C)cc1.CC(=O)[S-].CN(CCCl)c1ccc(/C=C/c2n(C)c3ccccc3[n+]2C)cc1.CS(=O)(=O)O[O-].CS(=O)(=O)O[O-].[K+]. The molecule has 22 heteroatoms. The number of nitrogens with zero attached hydrogens (tertiary/aromatic N) is 6. The maximum Gasteiger partial charge on any atom is 1.00 e. The minimum Gasteiger partial charge on any atom is -0.742 e. The molecule has 68 heavy (non-hydrogen) atoms. The maximum atomic E-state index is 11.0. The Balaban J connectivity index is 0.000000512. The molecule has 0 unspecified atom stereocenters. The zero-order valence-corrected chi connectivity index (χ0v) is 47.3. The van der Waals surface area contributed by atoms with Crippen LogP contribution in [-0.4, -0.2) is 87.5 Å². The fraction of sp³-hybridized carbons (Fsp3) is 0.304. The Labute approximate surface area is 457 Å². The van der Waals surface area contributed by atoms with Gasteiger partial charge in [0.2, 0.25) is 0 Å². The number of aromatic nitrogens is 4. The summed E-state index contributed by atoms with van der Waals surface area (Å²) < 4.78 is 52.0. The quantitative estimate of drug-likeness (QED) is 0.0402. The fourth-order valence-electron chi connectivity index (χ4n) is 6.19. The Kier molecular flexibility index (Phi) is 28.4. The summed E-state index contributed by atoms with van der Waals surface area (Å²) >= 11 is 11.2. The number of halogens is 1. The molecule has 0 N–H and O–H groups in total. The second-order valence-corrected chi connectivity index (χ2v) is 20.0. The molecule has 0 saturated carbocycles. The van der Waals surface area contributed by atoms with Crippen LogP contribution >= 0.6 is 23.4 Å². The molecule has 0 saturated heterocycles. The second-order valence-electron chi connectivity index (χ2n) is 14.7. The Morgan fingerprint density at radius 1 is 0.676 bits per heavy atom. The van der Waals surface area contributed by atoms with E-state index >= 15 is 0 Å². The Morgan fingerprint density at radius 3 is 1.29 bits per heavy atom. The van der Waals surface area contributed by atoms with Crippen molar-refractivity contribution in [2.75, 3.05) is 61.1 Å². The molecule has 0 amide bonds. The van der Waals surface area contributed by atoms with Crippen LogP contribution in [0, 0.1) is 0 Å². The van der Waals surface area contributed by atoms with Crippen molar-refractivity contribution < 1.29 is 106 Å². The van der Waals surface area contributed by atoms with Gasteiger partial charge < -0.3 is 46.4 Å². The molecule has 0 spiro atoms. The van der Waals surface area contributed by atoms with E-state index in [9.17, 15) is 26.4 Å². The van der Waals surface area contributed by atoms with E-state index in [0.29, 0.717) is 18.4 Å². The normalized spacial score (nSPS) is 11.0. The summed E-state index contributed by atoms with van der Waals surface area (Å²) in [6.45, 7) is 4.66. The number of carbonyl (C=O) groups excluding carboxylic acids is 2. The van der Waals surface area contributed by atoms with E-state index in [4.69, 9.17) is 22.1 Å². The average molecular weight is 1060 g/mol. The predicted octanol–water partition coefficient (Wildman–Crippen LogP) is 1.30. The van der Waals surface area contributed by atoms with Crippen molar-refractivity contribution in [1.29, 1.82) is 0 Å². The monoisotopic (exact) mass is 1060 g/mol. The largest absolute Gasteiger partial charge is 1.00 e. The fourth-order valence-corrected chi connectivity index (χ4v) is 7.09. The van der Waals surface area contributed by atoms with Crippen LogP contribution in [0.3, 0.4) is 0 Å². The van der Waals surface area contributed by atoms with Gasteiger partial charge in [-0.15, -0.1) is 11.6 Å². The van der Waals surface area contributed by atoms with Gasteiger partial charge >= 0.3 is 51.4 Å². The van der Waals surface area contributed by atoms with Gasteiger partial charge in [0.05, 0.1) is 40.7 Å². The molecule has 4 aromatic carbocycles. The second kappa shape index (κ2) is 30.9. The number of hydrogen-bond acceptors (Lipinski definition) is 14. The minimum atomic E-state index is -3.72. The summed E-state index contributed by atoms with van der Waals surface area (Å²) in [7, 11) is 5.08. The molecule has 364 valence electrons. The zero-order valence-electron chi connectivity index (χ0n) is 40.2. The molecule has 0 fully saturated rings. The van der Waals surface area contributed by atoms with E-state index < -0.39 is 20.2 Å². The number of anilines is 2. The summed E-state index contributed by atoms with van der Waals surface area (Å²) in [5.41, 5.74) is 9.60. The van der Waals surface area contributed by atoms with Gasteiger partial charge in [-0.2, -0.15) is 0 Å². The molecule has 2 aromatic heterocycles. The van der Waals surface area contributed by atoms with Crippen molar-refractivity contribution in [1.82, 2.24) is 9.13 Å².